The molecule has 0 aliphatic carbocycles. The minimum Gasteiger partial charge on any atom is -0.489 e. The van der Waals surface area contributed by atoms with Crippen molar-refractivity contribution >= 4 is 39.0 Å². The molecule has 0 bridgehead atoms. The first-order chi connectivity index (χ1) is 14.4. The summed E-state index contributed by atoms with van der Waals surface area (Å²) in [6.45, 7) is 7.91. The molecule has 2 aromatic heterocycles. The third-order valence-corrected chi connectivity index (χ3v) is 5.97. The Morgan fingerprint density at radius 3 is 2.80 bits per heavy atom. The van der Waals surface area contributed by atoms with Crippen LogP contribution in [0.25, 0.3) is 10.2 Å². The highest BCUT2D eigenvalue weighted by molar-refractivity contribution is 7.20. The number of hydrogen-bond acceptors (Lipinski definition) is 7. The number of ether oxygens (including phenoxy) is 2. The summed E-state index contributed by atoms with van der Waals surface area (Å²) in [5, 5.41) is 4.02. The number of carbonyl (C=O) groups excluding carboxylic acids is 1. The average Bonchev–Trinajstić information content (AvgIpc) is 3.07. The summed E-state index contributed by atoms with van der Waals surface area (Å²) in [6.07, 6.45) is 1.34. The summed E-state index contributed by atoms with van der Waals surface area (Å²) < 4.78 is 24.8. The van der Waals surface area contributed by atoms with Crippen molar-refractivity contribution in [3.63, 3.8) is 0 Å². The van der Waals surface area contributed by atoms with Gasteiger partial charge in [0, 0.05) is 19.2 Å². The molecule has 0 saturated carbocycles. The van der Waals surface area contributed by atoms with Crippen LogP contribution in [-0.4, -0.2) is 53.2 Å². The maximum atomic E-state index is 13.7. The number of carbonyl (C=O) groups is 1. The topological polar surface area (TPSA) is 76.6 Å². The Morgan fingerprint density at radius 2 is 2.07 bits per heavy atom. The third kappa shape index (κ3) is 4.08. The molecule has 30 heavy (non-hydrogen) atoms. The van der Waals surface area contributed by atoms with Gasteiger partial charge in [0.15, 0.2) is 0 Å². The Kier molecular flexibility index (Phi) is 5.83. The molecule has 3 aromatic rings. The fourth-order valence-corrected chi connectivity index (χ4v) is 4.48. The quantitative estimate of drug-likeness (QED) is 0.656. The molecule has 1 amide bonds. The van der Waals surface area contributed by atoms with Crippen molar-refractivity contribution in [3.8, 4) is 5.75 Å². The van der Waals surface area contributed by atoms with Crippen LogP contribution in [0.1, 0.15) is 29.1 Å². The predicted octanol–water partition coefficient (Wildman–Crippen LogP) is 4.14. The summed E-state index contributed by atoms with van der Waals surface area (Å²) >= 11 is 1.35. The standard InChI is InChI=1S/C21H23FN4O3S/c1-12(2)29-16-10-14(22)4-5-15(16)25-19-17-13(3)18(30-20(17)24-11-23-19)21(27)26-6-8-28-9-7-26/h4-5,10-12H,6-9H2,1-3H3,(H,23,24,25). The third-order valence-electron chi connectivity index (χ3n) is 4.78. The minimum atomic E-state index is -0.380. The van der Waals surface area contributed by atoms with E-state index in [1.54, 1.807) is 11.0 Å². The first-order valence-electron chi connectivity index (χ1n) is 9.78. The molecule has 1 N–H and O–H groups in total. The van der Waals surface area contributed by atoms with Gasteiger partial charge in [0.1, 0.15) is 28.5 Å². The number of amides is 1. The summed E-state index contributed by atoms with van der Waals surface area (Å²) in [5.74, 6) is 0.550. The van der Waals surface area contributed by atoms with Crippen molar-refractivity contribution in [2.24, 2.45) is 0 Å². The zero-order valence-corrected chi connectivity index (χ0v) is 17.9. The van der Waals surface area contributed by atoms with Gasteiger partial charge in [-0.25, -0.2) is 14.4 Å². The van der Waals surface area contributed by atoms with Gasteiger partial charge in [-0.1, -0.05) is 0 Å². The number of fused-ring (bicyclic) bond motifs is 1. The largest absolute Gasteiger partial charge is 0.489 e. The van der Waals surface area contributed by atoms with Crippen molar-refractivity contribution in [2.75, 3.05) is 31.6 Å². The maximum absolute atomic E-state index is 13.7. The highest BCUT2D eigenvalue weighted by Gasteiger charge is 2.25. The molecule has 0 radical (unpaired) electrons. The second-order valence-corrected chi connectivity index (χ2v) is 8.29. The number of rotatable bonds is 5. The molecule has 0 atom stereocenters. The Hall–Kier alpha value is -2.78. The lowest BCUT2D eigenvalue weighted by atomic mass is 10.1. The second-order valence-electron chi connectivity index (χ2n) is 7.30. The maximum Gasteiger partial charge on any atom is 0.264 e. The van der Waals surface area contributed by atoms with E-state index >= 15 is 0 Å². The van der Waals surface area contributed by atoms with Crippen LogP contribution >= 0.6 is 11.3 Å². The first kappa shape index (κ1) is 20.5. The molecule has 1 aliphatic heterocycles. The van der Waals surface area contributed by atoms with Gasteiger partial charge in [0.25, 0.3) is 5.91 Å². The van der Waals surface area contributed by atoms with E-state index in [4.69, 9.17) is 9.47 Å². The predicted molar refractivity (Wildman–Crippen MR) is 114 cm³/mol. The number of aryl methyl sites for hydroxylation is 1. The van der Waals surface area contributed by atoms with Gasteiger partial charge in [0.2, 0.25) is 0 Å². The van der Waals surface area contributed by atoms with Gasteiger partial charge in [-0.05, 0) is 38.5 Å². The van der Waals surface area contributed by atoms with Crippen molar-refractivity contribution in [2.45, 2.75) is 26.9 Å². The fourth-order valence-electron chi connectivity index (χ4n) is 3.36. The average molecular weight is 431 g/mol. The lowest BCUT2D eigenvalue weighted by Gasteiger charge is -2.26. The van der Waals surface area contributed by atoms with E-state index in [0.717, 1.165) is 15.8 Å². The van der Waals surface area contributed by atoms with Crippen LogP contribution < -0.4 is 10.1 Å². The van der Waals surface area contributed by atoms with Gasteiger partial charge < -0.3 is 19.7 Å². The van der Waals surface area contributed by atoms with Gasteiger partial charge in [0.05, 0.1) is 35.3 Å². The summed E-state index contributed by atoms with van der Waals surface area (Å²) in [6, 6.07) is 4.32. The van der Waals surface area contributed by atoms with Crippen LogP contribution in [-0.2, 0) is 4.74 Å². The number of anilines is 2. The van der Waals surface area contributed by atoms with E-state index in [9.17, 15) is 9.18 Å². The number of halogens is 1. The van der Waals surface area contributed by atoms with Gasteiger partial charge in [-0.3, -0.25) is 4.79 Å². The Bertz CT molecular complexity index is 1080. The molecule has 4 rings (SSSR count). The van der Waals surface area contributed by atoms with Crippen LogP contribution in [0.4, 0.5) is 15.9 Å². The van der Waals surface area contributed by atoms with E-state index < -0.39 is 0 Å². The molecular formula is C21H23FN4O3S. The molecule has 1 fully saturated rings. The lowest BCUT2D eigenvalue weighted by Crippen LogP contribution is -2.40. The summed E-state index contributed by atoms with van der Waals surface area (Å²) in [5.41, 5.74) is 1.42. The Labute approximate surface area is 177 Å². The molecular weight excluding hydrogens is 407 g/mol. The van der Waals surface area contributed by atoms with Crippen molar-refractivity contribution in [3.05, 3.63) is 40.8 Å². The molecule has 1 saturated heterocycles. The van der Waals surface area contributed by atoms with Gasteiger partial charge >= 0.3 is 0 Å². The number of nitrogens with one attached hydrogen (secondary N) is 1. The highest BCUT2D eigenvalue weighted by atomic mass is 32.1. The first-order valence-corrected chi connectivity index (χ1v) is 10.6. The molecule has 0 unspecified atom stereocenters. The monoisotopic (exact) mass is 430 g/mol. The number of nitrogens with zero attached hydrogens (tertiary/aromatic N) is 3. The number of morpholine rings is 1. The Balaban J connectivity index is 1.71. The van der Waals surface area contributed by atoms with Crippen LogP contribution in [0.15, 0.2) is 24.5 Å². The van der Waals surface area contributed by atoms with Crippen LogP contribution in [0.2, 0.25) is 0 Å². The zero-order valence-electron chi connectivity index (χ0n) is 17.1. The Morgan fingerprint density at radius 1 is 1.30 bits per heavy atom. The number of thiophene rings is 1. The number of benzene rings is 1. The molecule has 7 nitrogen and oxygen atoms in total. The SMILES string of the molecule is Cc1c(C(=O)N2CCOCC2)sc2ncnc(Nc3ccc(F)cc3OC(C)C)c12. The van der Waals surface area contributed by atoms with Crippen LogP contribution in [0.3, 0.4) is 0 Å². The van der Waals surface area contributed by atoms with Crippen LogP contribution in [0, 0.1) is 12.7 Å². The van der Waals surface area contributed by atoms with Gasteiger partial charge in [-0.2, -0.15) is 0 Å². The van der Waals surface area contributed by atoms with E-state index in [1.165, 1.54) is 29.8 Å². The number of hydrogen-bond donors (Lipinski definition) is 1. The van der Waals surface area contributed by atoms with E-state index in [0.29, 0.717) is 48.4 Å². The molecule has 0 spiro atoms. The van der Waals surface area contributed by atoms with Gasteiger partial charge in [-0.15, -0.1) is 11.3 Å². The zero-order chi connectivity index (χ0) is 21.3. The van der Waals surface area contributed by atoms with Crippen molar-refractivity contribution in [1.82, 2.24) is 14.9 Å². The smallest absolute Gasteiger partial charge is 0.264 e. The van der Waals surface area contributed by atoms with E-state index in [2.05, 4.69) is 15.3 Å². The normalized spacial score (nSPS) is 14.4. The number of aromatic nitrogens is 2. The molecule has 9 heteroatoms. The van der Waals surface area contributed by atoms with Crippen molar-refractivity contribution < 1.29 is 18.7 Å². The van der Waals surface area contributed by atoms with Crippen molar-refractivity contribution in [1.29, 1.82) is 0 Å². The summed E-state index contributed by atoms with van der Waals surface area (Å²) in [4.78, 5) is 24.9. The van der Waals surface area contributed by atoms with E-state index in [1.807, 2.05) is 20.8 Å². The van der Waals surface area contributed by atoms with Crippen LogP contribution in [0.5, 0.6) is 5.75 Å². The lowest BCUT2D eigenvalue weighted by molar-refractivity contribution is 0.0306. The molecule has 158 valence electrons. The minimum absolute atomic E-state index is 0.0182. The molecule has 1 aliphatic rings. The highest BCUT2D eigenvalue weighted by Crippen LogP contribution is 2.37. The fraction of sp³-hybridized carbons (Fsp3) is 0.381. The van der Waals surface area contributed by atoms with E-state index in [-0.39, 0.29) is 17.8 Å². The second kappa shape index (κ2) is 8.53. The molecule has 3 heterocycles. The summed E-state index contributed by atoms with van der Waals surface area (Å²) in [7, 11) is 0. The molecule has 1 aromatic carbocycles.